The van der Waals surface area contributed by atoms with E-state index in [1.165, 1.54) is 0 Å². The highest BCUT2D eigenvalue weighted by molar-refractivity contribution is 6.02. The van der Waals surface area contributed by atoms with E-state index in [4.69, 9.17) is 20.8 Å². The Hall–Kier alpha value is -1.95. The molecule has 0 bridgehead atoms. The zero-order valence-electron chi connectivity index (χ0n) is 11.3. The first kappa shape index (κ1) is 15.1. The molecule has 0 atom stereocenters. The van der Waals surface area contributed by atoms with E-state index in [-0.39, 0.29) is 12.4 Å². The lowest BCUT2D eigenvalue weighted by Crippen LogP contribution is -2.28. The fourth-order valence-electron chi connectivity index (χ4n) is 1.88. The second-order valence-corrected chi connectivity index (χ2v) is 4.03. The van der Waals surface area contributed by atoms with Gasteiger partial charge in [0.1, 0.15) is 5.75 Å². The second-order valence-electron chi connectivity index (χ2n) is 4.03. The minimum absolute atomic E-state index is 0.0556. The Balaban J connectivity index is 3.18. The third-order valence-electron chi connectivity index (χ3n) is 2.90. The second kappa shape index (κ2) is 7.48. The molecule has 19 heavy (non-hydrogen) atoms. The minimum Gasteiger partial charge on any atom is -0.497 e. The number of anilines is 1. The monoisotopic (exact) mass is 267 g/mol. The van der Waals surface area contributed by atoms with E-state index in [1.54, 1.807) is 19.2 Å². The molecule has 106 valence electrons. The molecule has 0 aliphatic rings. The molecule has 0 aromatic heterocycles. The van der Waals surface area contributed by atoms with Gasteiger partial charge in [0.25, 0.3) is 0 Å². The molecule has 0 radical (unpaired) electrons. The molecule has 4 N–H and O–H groups in total. The Labute approximate surface area is 113 Å². The standard InChI is InChI=1S/C13H21N3O3/c1-3-16(7-4-8-17)12-9-10(19-2)5-6-11(12)13(14)15-18/h5-6,9,17-18H,3-4,7-8H2,1-2H3,(H2,14,15). The summed E-state index contributed by atoms with van der Waals surface area (Å²) < 4.78 is 5.20. The smallest absolute Gasteiger partial charge is 0.172 e. The van der Waals surface area contributed by atoms with Gasteiger partial charge in [-0.3, -0.25) is 0 Å². The van der Waals surface area contributed by atoms with E-state index >= 15 is 0 Å². The van der Waals surface area contributed by atoms with Gasteiger partial charge in [-0.1, -0.05) is 5.16 Å². The maximum atomic E-state index is 8.94. The van der Waals surface area contributed by atoms with Crippen LogP contribution in [0.15, 0.2) is 23.4 Å². The Morgan fingerprint density at radius 2 is 2.21 bits per heavy atom. The largest absolute Gasteiger partial charge is 0.497 e. The molecule has 0 saturated carbocycles. The van der Waals surface area contributed by atoms with Gasteiger partial charge in [0.15, 0.2) is 5.84 Å². The number of nitrogens with zero attached hydrogens (tertiary/aromatic N) is 2. The molecule has 1 aromatic rings. The van der Waals surface area contributed by atoms with E-state index in [0.29, 0.717) is 24.3 Å². The average molecular weight is 267 g/mol. The normalized spacial score (nSPS) is 11.4. The highest BCUT2D eigenvalue weighted by Gasteiger charge is 2.14. The zero-order valence-corrected chi connectivity index (χ0v) is 11.3. The molecule has 0 amide bonds. The van der Waals surface area contributed by atoms with Crippen molar-refractivity contribution < 1.29 is 15.1 Å². The number of nitrogens with two attached hydrogens (primary N) is 1. The van der Waals surface area contributed by atoms with Crippen molar-refractivity contribution in [3.8, 4) is 5.75 Å². The molecule has 1 rings (SSSR count). The van der Waals surface area contributed by atoms with Gasteiger partial charge in [-0.15, -0.1) is 0 Å². The van der Waals surface area contributed by atoms with Gasteiger partial charge < -0.3 is 25.7 Å². The summed E-state index contributed by atoms with van der Waals surface area (Å²) >= 11 is 0. The first-order chi connectivity index (χ1) is 9.17. The number of methoxy groups -OCH3 is 1. The molecule has 0 saturated heterocycles. The summed E-state index contributed by atoms with van der Waals surface area (Å²) in [5.41, 5.74) is 7.16. The topological polar surface area (TPSA) is 91.3 Å². The van der Waals surface area contributed by atoms with E-state index in [0.717, 1.165) is 12.2 Å². The number of hydrogen-bond acceptors (Lipinski definition) is 5. The molecule has 0 aliphatic heterocycles. The number of hydrogen-bond donors (Lipinski definition) is 3. The van der Waals surface area contributed by atoms with Crippen molar-refractivity contribution in [1.29, 1.82) is 0 Å². The van der Waals surface area contributed by atoms with Gasteiger partial charge in [-0.05, 0) is 25.5 Å². The van der Waals surface area contributed by atoms with E-state index in [1.807, 2.05) is 17.9 Å². The van der Waals surface area contributed by atoms with Crippen molar-refractivity contribution in [2.24, 2.45) is 10.9 Å². The summed E-state index contributed by atoms with van der Waals surface area (Å²) in [6.45, 7) is 3.57. The minimum atomic E-state index is 0.0556. The summed E-state index contributed by atoms with van der Waals surface area (Å²) in [4.78, 5) is 2.05. The molecule has 0 heterocycles. The number of aliphatic hydroxyl groups excluding tert-OH is 1. The van der Waals surface area contributed by atoms with Gasteiger partial charge in [0.05, 0.1) is 12.8 Å². The molecule has 0 aliphatic carbocycles. The number of amidine groups is 1. The van der Waals surface area contributed by atoms with Crippen LogP contribution in [0.5, 0.6) is 5.75 Å². The Bertz CT molecular complexity index is 435. The maximum absolute atomic E-state index is 8.94. The number of rotatable bonds is 7. The first-order valence-corrected chi connectivity index (χ1v) is 6.19. The van der Waals surface area contributed by atoms with Crippen LogP contribution in [-0.2, 0) is 0 Å². The predicted molar refractivity (Wildman–Crippen MR) is 75.1 cm³/mol. The van der Waals surface area contributed by atoms with Crippen LogP contribution in [0.25, 0.3) is 0 Å². The number of benzene rings is 1. The van der Waals surface area contributed by atoms with E-state index in [2.05, 4.69) is 5.16 Å². The molecular weight excluding hydrogens is 246 g/mol. The number of ether oxygens (including phenoxy) is 1. The Kier molecular flexibility index (Phi) is 5.95. The van der Waals surface area contributed by atoms with Gasteiger partial charge in [0, 0.05) is 31.3 Å². The third-order valence-corrected chi connectivity index (χ3v) is 2.90. The van der Waals surface area contributed by atoms with Gasteiger partial charge in [-0.2, -0.15) is 0 Å². The zero-order chi connectivity index (χ0) is 14.3. The van der Waals surface area contributed by atoms with Crippen molar-refractivity contribution in [3.05, 3.63) is 23.8 Å². The van der Waals surface area contributed by atoms with Crippen molar-refractivity contribution in [2.75, 3.05) is 31.7 Å². The van der Waals surface area contributed by atoms with Crippen molar-refractivity contribution in [2.45, 2.75) is 13.3 Å². The van der Waals surface area contributed by atoms with E-state index in [9.17, 15) is 0 Å². The molecule has 0 fully saturated rings. The van der Waals surface area contributed by atoms with Crippen LogP contribution in [0, 0.1) is 0 Å². The average Bonchev–Trinajstić information content (AvgIpc) is 2.47. The highest BCUT2D eigenvalue weighted by atomic mass is 16.5. The summed E-state index contributed by atoms with van der Waals surface area (Å²) in [5.74, 6) is 0.757. The first-order valence-electron chi connectivity index (χ1n) is 6.19. The summed E-state index contributed by atoms with van der Waals surface area (Å²) in [7, 11) is 1.59. The molecule has 6 heteroatoms. The summed E-state index contributed by atoms with van der Waals surface area (Å²) in [6, 6.07) is 5.36. The van der Waals surface area contributed by atoms with Crippen LogP contribution >= 0.6 is 0 Å². The summed E-state index contributed by atoms with van der Waals surface area (Å²) in [6.07, 6.45) is 0.653. The Morgan fingerprint density at radius 3 is 2.74 bits per heavy atom. The highest BCUT2D eigenvalue weighted by Crippen LogP contribution is 2.26. The predicted octanol–water partition coefficient (Wildman–Crippen LogP) is 0.998. The maximum Gasteiger partial charge on any atom is 0.172 e. The molecular formula is C13H21N3O3. The third kappa shape index (κ3) is 3.75. The van der Waals surface area contributed by atoms with Gasteiger partial charge >= 0.3 is 0 Å². The SMILES string of the molecule is CCN(CCCO)c1cc(OC)ccc1/C(N)=N/O. The lowest BCUT2D eigenvalue weighted by Gasteiger charge is -2.25. The van der Waals surface area contributed by atoms with Crippen LogP contribution in [-0.4, -0.2) is 43.0 Å². The fourth-order valence-corrected chi connectivity index (χ4v) is 1.88. The quantitative estimate of drug-likeness (QED) is 0.297. The van der Waals surface area contributed by atoms with Crippen LogP contribution in [0.2, 0.25) is 0 Å². The summed E-state index contributed by atoms with van der Waals surface area (Å²) in [5, 5.41) is 20.8. The Morgan fingerprint density at radius 1 is 1.47 bits per heavy atom. The molecule has 6 nitrogen and oxygen atoms in total. The molecule has 0 spiro atoms. The van der Waals surface area contributed by atoms with Crippen LogP contribution in [0.4, 0.5) is 5.69 Å². The van der Waals surface area contributed by atoms with Crippen molar-refractivity contribution in [3.63, 3.8) is 0 Å². The van der Waals surface area contributed by atoms with Gasteiger partial charge in [-0.25, -0.2) is 0 Å². The van der Waals surface area contributed by atoms with Gasteiger partial charge in [0.2, 0.25) is 0 Å². The van der Waals surface area contributed by atoms with Crippen molar-refractivity contribution >= 4 is 11.5 Å². The van der Waals surface area contributed by atoms with E-state index < -0.39 is 0 Å². The number of oxime groups is 1. The van der Waals surface area contributed by atoms with Crippen LogP contribution in [0.1, 0.15) is 18.9 Å². The number of aliphatic hydroxyl groups is 1. The van der Waals surface area contributed by atoms with Crippen LogP contribution in [0.3, 0.4) is 0 Å². The van der Waals surface area contributed by atoms with Crippen LogP contribution < -0.4 is 15.4 Å². The lowest BCUT2D eigenvalue weighted by molar-refractivity contribution is 0.289. The molecule has 1 aromatic carbocycles. The fraction of sp³-hybridized carbons (Fsp3) is 0.462. The lowest BCUT2D eigenvalue weighted by atomic mass is 10.1. The van der Waals surface area contributed by atoms with Crippen molar-refractivity contribution in [1.82, 2.24) is 0 Å². The molecule has 0 unspecified atom stereocenters.